The van der Waals surface area contributed by atoms with Gasteiger partial charge >= 0.3 is 12.2 Å². The number of amides is 2. The quantitative estimate of drug-likeness (QED) is 0.851. The molecule has 0 spiro atoms. The summed E-state index contributed by atoms with van der Waals surface area (Å²) in [6, 6.07) is -2.72. The Morgan fingerprint density at radius 3 is 2.45 bits per heavy atom. The summed E-state index contributed by atoms with van der Waals surface area (Å²) in [6.45, 7) is 7.93. The minimum absolute atomic E-state index is 0.152. The normalized spacial score (nSPS) is 22.6. The number of ether oxygens (including phenoxy) is 1. The number of nitrogens with one attached hydrogen (secondary N) is 1. The molecule has 1 rings (SSSR count). The second-order valence-electron chi connectivity index (χ2n) is 6.43. The van der Waals surface area contributed by atoms with Gasteiger partial charge in [0.1, 0.15) is 6.04 Å². The molecule has 0 aromatic rings. The molecule has 0 bridgehead atoms. The van der Waals surface area contributed by atoms with Crippen molar-refractivity contribution < 1.29 is 22.7 Å². The molecular formula is C13H23F3N2O2. The topological polar surface area (TPSA) is 41.6 Å². The number of carbonyl (C=O) groups excluding carboxylic acids is 1. The lowest BCUT2D eigenvalue weighted by Gasteiger charge is -2.36. The number of urea groups is 1. The number of hydrogen-bond acceptors (Lipinski definition) is 2. The van der Waals surface area contributed by atoms with Crippen molar-refractivity contribution in [3.05, 3.63) is 0 Å². The van der Waals surface area contributed by atoms with Crippen molar-refractivity contribution in [2.45, 2.75) is 52.4 Å². The van der Waals surface area contributed by atoms with E-state index in [4.69, 9.17) is 4.74 Å². The predicted octanol–water partition coefficient (Wildman–Crippen LogP) is 2.78. The standard InChI is InChI=1S/C13H23F3N2O2/c1-9-8-20-6-5-18(9)11(19)17-10(13(14,15)16)7-12(2,3)4/h9-10H,5-8H2,1-4H3,(H,17,19)/t9-,10-/m1/s1. The average molecular weight is 296 g/mol. The van der Waals surface area contributed by atoms with Crippen LogP contribution in [0.4, 0.5) is 18.0 Å². The van der Waals surface area contributed by atoms with Gasteiger partial charge in [-0.15, -0.1) is 0 Å². The fourth-order valence-electron chi connectivity index (χ4n) is 2.12. The first-order chi connectivity index (χ1) is 9.00. The Morgan fingerprint density at radius 1 is 1.40 bits per heavy atom. The molecule has 118 valence electrons. The van der Waals surface area contributed by atoms with Crippen molar-refractivity contribution in [3.63, 3.8) is 0 Å². The van der Waals surface area contributed by atoms with Crippen LogP contribution in [0.3, 0.4) is 0 Å². The molecule has 1 heterocycles. The minimum Gasteiger partial charge on any atom is -0.377 e. The van der Waals surface area contributed by atoms with E-state index >= 15 is 0 Å². The zero-order valence-corrected chi connectivity index (χ0v) is 12.4. The molecule has 7 heteroatoms. The fraction of sp³-hybridized carbons (Fsp3) is 0.923. The summed E-state index contributed by atoms with van der Waals surface area (Å²) < 4.78 is 44.2. The molecule has 1 N–H and O–H groups in total. The van der Waals surface area contributed by atoms with E-state index in [1.165, 1.54) is 4.90 Å². The third kappa shape index (κ3) is 5.19. The van der Waals surface area contributed by atoms with Gasteiger partial charge in [-0.3, -0.25) is 0 Å². The second kappa shape index (κ2) is 6.20. The zero-order valence-electron chi connectivity index (χ0n) is 12.4. The van der Waals surface area contributed by atoms with Crippen LogP contribution in [-0.2, 0) is 4.74 Å². The lowest BCUT2D eigenvalue weighted by Crippen LogP contribution is -2.56. The molecule has 0 unspecified atom stereocenters. The van der Waals surface area contributed by atoms with Crippen molar-refractivity contribution >= 4 is 6.03 Å². The molecule has 0 aliphatic carbocycles. The highest BCUT2D eigenvalue weighted by molar-refractivity contribution is 5.75. The van der Waals surface area contributed by atoms with Crippen molar-refractivity contribution in [3.8, 4) is 0 Å². The molecule has 2 amide bonds. The van der Waals surface area contributed by atoms with Crippen LogP contribution < -0.4 is 5.32 Å². The lowest BCUT2D eigenvalue weighted by atomic mass is 9.88. The molecule has 0 radical (unpaired) electrons. The molecule has 0 aromatic heterocycles. The molecule has 20 heavy (non-hydrogen) atoms. The van der Waals surface area contributed by atoms with E-state index in [1.807, 2.05) is 0 Å². The van der Waals surface area contributed by atoms with Gasteiger partial charge in [-0.1, -0.05) is 20.8 Å². The van der Waals surface area contributed by atoms with Crippen molar-refractivity contribution in [2.24, 2.45) is 5.41 Å². The lowest BCUT2D eigenvalue weighted by molar-refractivity contribution is -0.160. The highest BCUT2D eigenvalue weighted by Crippen LogP contribution is 2.30. The summed E-state index contributed by atoms with van der Waals surface area (Å²) in [5, 5.41) is 2.12. The Kier molecular flexibility index (Phi) is 5.29. The average Bonchev–Trinajstić information content (AvgIpc) is 2.25. The predicted molar refractivity (Wildman–Crippen MR) is 69.4 cm³/mol. The van der Waals surface area contributed by atoms with E-state index < -0.39 is 23.7 Å². The molecular weight excluding hydrogens is 273 g/mol. The maximum absolute atomic E-state index is 13.0. The smallest absolute Gasteiger partial charge is 0.377 e. The molecule has 1 aliphatic heterocycles. The number of nitrogens with zero attached hydrogens (tertiary/aromatic N) is 1. The fourth-order valence-corrected chi connectivity index (χ4v) is 2.12. The summed E-state index contributed by atoms with van der Waals surface area (Å²) in [7, 11) is 0. The Balaban J connectivity index is 2.71. The molecule has 4 nitrogen and oxygen atoms in total. The van der Waals surface area contributed by atoms with Crippen LogP contribution in [-0.4, -0.2) is 48.9 Å². The van der Waals surface area contributed by atoms with Crippen LogP contribution in [0, 0.1) is 5.41 Å². The van der Waals surface area contributed by atoms with Crippen LogP contribution in [0.2, 0.25) is 0 Å². The highest BCUT2D eigenvalue weighted by atomic mass is 19.4. The first-order valence-corrected chi connectivity index (χ1v) is 6.72. The number of hydrogen-bond donors (Lipinski definition) is 1. The van der Waals surface area contributed by atoms with Gasteiger partial charge in [-0.25, -0.2) is 4.79 Å². The van der Waals surface area contributed by atoms with E-state index in [0.717, 1.165) is 0 Å². The van der Waals surface area contributed by atoms with Gasteiger partial charge in [-0.2, -0.15) is 13.2 Å². The van der Waals surface area contributed by atoms with E-state index in [-0.39, 0.29) is 12.5 Å². The van der Waals surface area contributed by atoms with Crippen LogP contribution >= 0.6 is 0 Å². The summed E-state index contributed by atoms with van der Waals surface area (Å²) in [6.07, 6.45) is -4.60. The largest absolute Gasteiger partial charge is 0.408 e. The Labute approximate surface area is 117 Å². The van der Waals surface area contributed by atoms with Crippen molar-refractivity contribution in [1.82, 2.24) is 10.2 Å². The highest BCUT2D eigenvalue weighted by Gasteiger charge is 2.43. The summed E-state index contributed by atoms with van der Waals surface area (Å²) >= 11 is 0. The summed E-state index contributed by atoms with van der Waals surface area (Å²) in [4.78, 5) is 13.4. The molecule has 0 saturated carbocycles. The number of carbonyl (C=O) groups is 1. The van der Waals surface area contributed by atoms with Gasteiger partial charge in [0.05, 0.1) is 19.3 Å². The van der Waals surface area contributed by atoms with Gasteiger partial charge in [0.25, 0.3) is 0 Å². The molecule has 0 aromatic carbocycles. The summed E-state index contributed by atoms with van der Waals surface area (Å²) in [5.74, 6) is 0. The van der Waals surface area contributed by atoms with Crippen LogP contribution in [0.1, 0.15) is 34.1 Å². The summed E-state index contributed by atoms with van der Waals surface area (Å²) in [5.41, 5.74) is -0.524. The third-order valence-electron chi connectivity index (χ3n) is 3.14. The number of alkyl halides is 3. The van der Waals surface area contributed by atoms with Crippen molar-refractivity contribution in [2.75, 3.05) is 19.8 Å². The molecule has 2 atom stereocenters. The molecule has 1 aliphatic rings. The molecule has 1 saturated heterocycles. The first-order valence-electron chi connectivity index (χ1n) is 6.72. The minimum atomic E-state index is -4.45. The van der Waals surface area contributed by atoms with Gasteiger partial charge in [0, 0.05) is 6.54 Å². The number of morpholine rings is 1. The molecule has 1 fully saturated rings. The first kappa shape index (κ1) is 17.1. The maximum atomic E-state index is 13.0. The van der Waals surface area contributed by atoms with Gasteiger partial charge in [0.2, 0.25) is 0 Å². The number of rotatable bonds is 2. The van der Waals surface area contributed by atoms with E-state index in [1.54, 1.807) is 27.7 Å². The monoisotopic (exact) mass is 296 g/mol. The SMILES string of the molecule is C[C@@H]1COCCN1C(=O)N[C@H](CC(C)(C)C)C(F)(F)F. The van der Waals surface area contributed by atoms with Crippen LogP contribution in [0.5, 0.6) is 0 Å². The van der Waals surface area contributed by atoms with Gasteiger partial charge in [0.15, 0.2) is 0 Å². The third-order valence-corrected chi connectivity index (χ3v) is 3.14. The maximum Gasteiger partial charge on any atom is 0.408 e. The Morgan fingerprint density at radius 2 is 2.00 bits per heavy atom. The zero-order chi connectivity index (χ0) is 15.6. The van der Waals surface area contributed by atoms with Crippen molar-refractivity contribution in [1.29, 1.82) is 0 Å². The number of halogens is 3. The van der Waals surface area contributed by atoms with E-state index in [2.05, 4.69) is 5.32 Å². The van der Waals surface area contributed by atoms with Gasteiger partial charge in [-0.05, 0) is 18.8 Å². The Bertz CT molecular complexity index is 339. The van der Waals surface area contributed by atoms with E-state index in [0.29, 0.717) is 19.8 Å². The van der Waals surface area contributed by atoms with Gasteiger partial charge < -0.3 is 15.0 Å². The van der Waals surface area contributed by atoms with Crippen LogP contribution in [0.15, 0.2) is 0 Å². The Hall–Kier alpha value is -0.980. The van der Waals surface area contributed by atoms with Crippen LogP contribution in [0.25, 0.3) is 0 Å². The van der Waals surface area contributed by atoms with E-state index in [9.17, 15) is 18.0 Å². The second-order valence-corrected chi connectivity index (χ2v) is 6.43.